The molecule has 0 bridgehead atoms. The number of aromatic nitrogens is 2. The first-order chi connectivity index (χ1) is 12.0. The number of fused-ring (bicyclic) bond motifs is 1. The fourth-order valence-corrected chi connectivity index (χ4v) is 3.24. The van der Waals surface area contributed by atoms with Crippen molar-refractivity contribution >= 4 is 23.5 Å². The quantitative estimate of drug-likeness (QED) is 0.908. The van der Waals surface area contributed by atoms with Crippen molar-refractivity contribution in [3.05, 3.63) is 52.1 Å². The maximum atomic E-state index is 13.9. The van der Waals surface area contributed by atoms with Gasteiger partial charge in [-0.25, -0.2) is 14.4 Å². The molecule has 0 saturated carbocycles. The number of benzene rings is 1. The second-order valence-electron chi connectivity index (χ2n) is 6.36. The fourth-order valence-electron chi connectivity index (χ4n) is 3.01. The first-order valence-electron chi connectivity index (χ1n) is 8.21. The van der Waals surface area contributed by atoms with E-state index in [1.807, 2.05) is 19.0 Å². The van der Waals surface area contributed by atoms with E-state index in [2.05, 4.69) is 15.3 Å². The minimum Gasteiger partial charge on any atom is -0.349 e. The van der Waals surface area contributed by atoms with Gasteiger partial charge in [-0.15, -0.1) is 0 Å². The predicted octanol–water partition coefficient (Wildman–Crippen LogP) is 3.07. The molecule has 1 unspecified atom stereocenters. The minimum absolute atomic E-state index is 0.0893. The molecular weight excluding hydrogens is 343 g/mol. The number of carbonyl (C=O) groups is 1. The molecule has 0 fully saturated rings. The van der Waals surface area contributed by atoms with Gasteiger partial charge >= 0.3 is 0 Å². The van der Waals surface area contributed by atoms with Gasteiger partial charge in [0.25, 0.3) is 0 Å². The number of rotatable bonds is 4. The standard InChI is InChI=1S/C18H20ClFN4O/c1-24(2)18-21-10-12-15(7-4-8-16(12)23-18)22-17(25)9-11-13(19)5-3-6-14(11)20/h3,5-6,10,15H,4,7-9H2,1-2H3,(H,22,25). The van der Waals surface area contributed by atoms with E-state index in [9.17, 15) is 9.18 Å². The number of hydrogen-bond donors (Lipinski definition) is 1. The Kier molecular flexibility index (Phi) is 5.18. The molecule has 5 nitrogen and oxygen atoms in total. The Hall–Kier alpha value is -2.21. The van der Waals surface area contributed by atoms with Crippen LogP contribution < -0.4 is 10.2 Å². The number of halogens is 2. The van der Waals surface area contributed by atoms with Crippen LogP contribution in [0, 0.1) is 5.82 Å². The lowest BCUT2D eigenvalue weighted by atomic mass is 9.92. The van der Waals surface area contributed by atoms with Crippen molar-refractivity contribution in [1.82, 2.24) is 15.3 Å². The molecule has 25 heavy (non-hydrogen) atoms. The zero-order chi connectivity index (χ0) is 18.0. The topological polar surface area (TPSA) is 58.1 Å². The fraction of sp³-hybridized carbons (Fsp3) is 0.389. The Labute approximate surface area is 151 Å². The summed E-state index contributed by atoms with van der Waals surface area (Å²) < 4.78 is 13.9. The average molecular weight is 363 g/mol. The van der Waals surface area contributed by atoms with Crippen LogP contribution in [0.2, 0.25) is 5.02 Å². The second-order valence-corrected chi connectivity index (χ2v) is 6.76. The molecule has 0 aliphatic heterocycles. The Morgan fingerprint density at radius 1 is 1.44 bits per heavy atom. The summed E-state index contributed by atoms with van der Waals surface area (Å²) in [6.45, 7) is 0. The lowest BCUT2D eigenvalue weighted by Crippen LogP contribution is -2.33. The molecule has 1 aliphatic rings. The number of nitrogens with zero attached hydrogens (tertiary/aromatic N) is 3. The Bertz CT molecular complexity index is 776. The van der Waals surface area contributed by atoms with Crippen molar-refractivity contribution in [3.63, 3.8) is 0 Å². The summed E-state index contributed by atoms with van der Waals surface area (Å²) in [4.78, 5) is 23.1. The molecule has 1 aromatic heterocycles. The van der Waals surface area contributed by atoms with Crippen LogP contribution in [-0.2, 0) is 17.6 Å². The van der Waals surface area contributed by atoms with Gasteiger partial charge in [0.2, 0.25) is 11.9 Å². The van der Waals surface area contributed by atoms with Crippen molar-refractivity contribution in [3.8, 4) is 0 Å². The molecule has 3 rings (SSSR count). The van der Waals surface area contributed by atoms with E-state index in [1.165, 1.54) is 12.1 Å². The van der Waals surface area contributed by atoms with Crippen molar-refractivity contribution < 1.29 is 9.18 Å². The van der Waals surface area contributed by atoms with Crippen LogP contribution in [-0.4, -0.2) is 30.0 Å². The highest BCUT2D eigenvalue weighted by atomic mass is 35.5. The Morgan fingerprint density at radius 3 is 2.96 bits per heavy atom. The van der Waals surface area contributed by atoms with Crippen molar-refractivity contribution in [2.75, 3.05) is 19.0 Å². The van der Waals surface area contributed by atoms with Gasteiger partial charge in [-0.3, -0.25) is 4.79 Å². The van der Waals surface area contributed by atoms with Crippen LogP contribution in [0.4, 0.5) is 10.3 Å². The highest BCUT2D eigenvalue weighted by Crippen LogP contribution is 2.29. The van der Waals surface area contributed by atoms with Gasteiger partial charge in [-0.1, -0.05) is 17.7 Å². The van der Waals surface area contributed by atoms with Crippen molar-refractivity contribution in [2.24, 2.45) is 0 Å². The summed E-state index contributed by atoms with van der Waals surface area (Å²) in [5.41, 5.74) is 2.11. The molecule has 132 valence electrons. The van der Waals surface area contributed by atoms with Gasteiger partial charge in [-0.05, 0) is 31.4 Å². The van der Waals surface area contributed by atoms with Gasteiger partial charge in [0.1, 0.15) is 5.82 Å². The maximum Gasteiger partial charge on any atom is 0.225 e. The average Bonchev–Trinajstić information content (AvgIpc) is 2.58. The third kappa shape index (κ3) is 3.90. The van der Waals surface area contributed by atoms with Crippen molar-refractivity contribution in [1.29, 1.82) is 0 Å². The highest BCUT2D eigenvalue weighted by molar-refractivity contribution is 6.31. The maximum absolute atomic E-state index is 13.9. The second kappa shape index (κ2) is 7.35. The highest BCUT2D eigenvalue weighted by Gasteiger charge is 2.24. The van der Waals surface area contributed by atoms with Gasteiger partial charge < -0.3 is 10.2 Å². The van der Waals surface area contributed by atoms with E-state index in [4.69, 9.17) is 11.6 Å². The van der Waals surface area contributed by atoms with E-state index >= 15 is 0 Å². The molecule has 1 amide bonds. The van der Waals surface area contributed by atoms with Crippen LogP contribution >= 0.6 is 11.6 Å². The molecule has 1 N–H and O–H groups in total. The molecule has 1 heterocycles. The van der Waals surface area contributed by atoms with Crippen LogP contribution in [0.25, 0.3) is 0 Å². The van der Waals surface area contributed by atoms with Crippen molar-refractivity contribution in [2.45, 2.75) is 31.7 Å². The number of anilines is 1. The van der Waals surface area contributed by atoms with E-state index < -0.39 is 5.82 Å². The lowest BCUT2D eigenvalue weighted by Gasteiger charge is -2.26. The van der Waals surface area contributed by atoms with Crippen LogP contribution in [0.5, 0.6) is 0 Å². The number of amides is 1. The van der Waals surface area contributed by atoms with E-state index in [0.29, 0.717) is 5.95 Å². The number of nitrogens with one attached hydrogen (secondary N) is 1. The summed E-state index contributed by atoms with van der Waals surface area (Å²) in [6.07, 6.45) is 4.30. The molecule has 0 saturated heterocycles. The molecular formula is C18H20ClFN4O. The molecule has 0 spiro atoms. The SMILES string of the molecule is CN(C)c1ncc2c(n1)CCCC2NC(=O)Cc1c(F)cccc1Cl. The summed E-state index contributed by atoms with van der Waals surface area (Å²) in [5, 5.41) is 3.23. The molecule has 1 atom stereocenters. The summed E-state index contributed by atoms with van der Waals surface area (Å²) in [5.74, 6) is -0.0731. The minimum atomic E-state index is -0.467. The third-order valence-electron chi connectivity index (χ3n) is 4.30. The monoisotopic (exact) mass is 362 g/mol. The number of hydrogen-bond acceptors (Lipinski definition) is 4. The Morgan fingerprint density at radius 2 is 2.24 bits per heavy atom. The number of aryl methyl sites for hydroxylation is 1. The van der Waals surface area contributed by atoms with Crippen LogP contribution in [0.3, 0.4) is 0 Å². The number of carbonyl (C=O) groups excluding carboxylic acids is 1. The molecule has 0 radical (unpaired) electrons. The van der Waals surface area contributed by atoms with Crippen LogP contribution in [0.1, 0.15) is 35.7 Å². The summed E-state index contributed by atoms with van der Waals surface area (Å²) in [7, 11) is 3.78. The van der Waals surface area contributed by atoms with Gasteiger partial charge in [0.05, 0.1) is 18.2 Å². The summed E-state index contributed by atoms with van der Waals surface area (Å²) >= 11 is 6.00. The smallest absolute Gasteiger partial charge is 0.225 e. The normalized spacial score (nSPS) is 16.2. The largest absolute Gasteiger partial charge is 0.349 e. The van der Waals surface area contributed by atoms with E-state index in [1.54, 1.807) is 12.3 Å². The van der Waals surface area contributed by atoms with Gasteiger partial charge in [-0.2, -0.15) is 0 Å². The molecule has 1 aromatic carbocycles. The molecule has 7 heteroatoms. The summed E-state index contributed by atoms with van der Waals surface area (Å²) in [6, 6.07) is 4.26. The molecule has 1 aliphatic carbocycles. The first kappa shape index (κ1) is 17.6. The third-order valence-corrected chi connectivity index (χ3v) is 4.66. The van der Waals surface area contributed by atoms with Gasteiger partial charge in [0.15, 0.2) is 0 Å². The first-order valence-corrected chi connectivity index (χ1v) is 8.59. The van der Waals surface area contributed by atoms with E-state index in [-0.39, 0.29) is 29.0 Å². The molecule has 2 aromatic rings. The zero-order valence-electron chi connectivity index (χ0n) is 14.2. The lowest BCUT2D eigenvalue weighted by molar-refractivity contribution is -0.121. The zero-order valence-corrected chi connectivity index (χ0v) is 15.0. The predicted molar refractivity (Wildman–Crippen MR) is 95.3 cm³/mol. The van der Waals surface area contributed by atoms with Gasteiger partial charge in [0, 0.05) is 36.4 Å². The van der Waals surface area contributed by atoms with Crippen LogP contribution in [0.15, 0.2) is 24.4 Å². The Balaban J connectivity index is 1.75. The van der Waals surface area contributed by atoms with E-state index in [0.717, 1.165) is 30.5 Å².